The highest BCUT2D eigenvalue weighted by Crippen LogP contribution is 2.09. The van der Waals surface area contributed by atoms with E-state index in [-0.39, 0.29) is 5.75 Å². The molecule has 0 spiro atoms. The summed E-state index contributed by atoms with van der Waals surface area (Å²) < 4.78 is 30.9. The summed E-state index contributed by atoms with van der Waals surface area (Å²) in [6.07, 6.45) is 5.94. The summed E-state index contributed by atoms with van der Waals surface area (Å²) in [5, 5.41) is 0. The lowest BCUT2D eigenvalue weighted by atomic mass is 10.2. The molecule has 0 N–H and O–H groups in total. The highest BCUT2D eigenvalue weighted by molar-refractivity contribution is 7.89. The van der Waals surface area contributed by atoms with Crippen LogP contribution in [-0.2, 0) is 14.8 Å². The molecule has 0 unspecified atom stereocenters. The van der Waals surface area contributed by atoms with Gasteiger partial charge in [0.15, 0.2) is 0 Å². The van der Waals surface area contributed by atoms with E-state index in [1.54, 1.807) is 11.4 Å². The van der Waals surface area contributed by atoms with Gasteiger partial charge in [-0.25, -0.2) is 8.42 Å². The standard InChI is InChI=1S/C13H29NO3S/c1-4-6-8-9-13-18(15,16)14(10-7-5-2)11-12-17-3/h4-13H2,1-3H3. The molecule has 0 atom stereocenters. The van der Waals surface area contributed by atoms with Crippen molar-refractivity contribution in [2.45, 2.75) is 52.4 Å². The van der Waals surface area contributed by atoms with Crippen LogP contribution in [0, 0.1) is 0 Å². The molecule has 18 heavy (non-hydrogen) atoms. The predicted octanol–water partition coefficient (Wildman–Crippen LogP) is 2.65. The van der Waals surface area contributed by atoms with E-state index >= 15 is 0 Å². The zero-order valence-corrected chi connectivity index (χ0v) is 13.0. The summed E-state index contributed by atoms with van der Waals surface area (Å²) in [6.45, 7) is 5.77. The smallest absolute Gasteiger partial charge is 0.214 e. The lowest BCUT2D eigenvalue weighted by Gasteiger charge is -2.21. The summed E-state index contributed by atoms with van der Waals surface area (Å²) in [7, 11) is -1.49. The molecule has 5 heteroatoms. The molecule has 4 nitrogen and oxygen atoms in total. The molecule has 0 aliphatic carbocycles. The minimum atomic E-state index is -3.09. The fraction of sp³-hybridized carbons (Fsp3) is 1.00. The topological polar surface area (TPSA) is 46.6 Å². The van der Waals surface area contributed by atoms with Gasteiger partial charge < -0.3 is 4.74 Å². The zero-order valence-electron chi connectivity index (χ0n) is 12.2. The van der Waals surface area contributed by atoms with Crippen LogP contribution in [0.25, 0.3) is 0 Å². The maximum Gasteiger partial charge on any atom is 0.214 e. The second-order valence-corrected chi connectivity index (χ2v) is 6.71. The van der Waals surface area contributed by atoms with Gasteiger partial charge >= 0.3 is 0 Å². The van der Waals surface area contributed by atoms with Crippen molar-refractivity contribution in [3.05, 3.63) is 0 Å². The number of hydrogen-bond acceptors (Lipinski definition) is 3. The average molecular weight is 279 g/mol. The molecule has 0 fully saturated rings. The van der Waals surface area contributed by atoms with Gasteiger partial charge in [0.05, 0.1) is 12.4 Å². The Morgan fingerprint density at radius 3 is 2.17 bits per heavy atom. The molecular weight excluding hydrogens is 250 g/mol. The SMILES string of the molecule is CCCCCCS(=O)(=O)N(CCCC)CCOC. The molecule has 0 heterocycles. The minimum Gasteiger partial charge on any atom is -0.383 e. The van der Waals surface area contributed by atoms with Gasteiger partial charge in [-0.15, -0.1) is 0 Å². The number of methoxy groups -OCH3 is 1. The first-order valence-electron chi connectivity index (χ1n) is 7.05. The first kappa shape index (κ1) is 17.9. The quantitative estimate of drug-likeness (QED) is 0.516. The van der Waals surface area contributed by atoms with Crippen molar-refractivity contribution in [3.8, 4) is 0 Å². The molecule has 0 radical (unpaired) electrons. The fourth-order valence-corrected chi connectivity index (χ4v) is 3.34. The van der Waals surface area contributed by atoms with E-state index in [9.17, 15) is 8.42 Å². The van der Waals surface area contributed by atoms with Gasteiger partial charge in [0, 0.05) is 20.2 Å². The summed E-state index contributed by atoms with van der Waals surface area (Å²) >= 11 is 0. The van der Waals surface area contributed by atoms with Gasteiger partial charge in [-0.1, -0.05) is 39.5 Å². The molecule has 0 aromatic carbocycles. The number of unbranched alkanes of at least 4 members (excludes halogenated alkanes) is 4. The van der Waals surface area contributed by atoms with Crippen molar-refractivity contribution < 1.29 is 13.2 Å². The van der Waals surface area contributed by atoms with Gasteiger partial charge in [-0.05, 0) is 12.8 Å². The largest absolute Gasteiger partial charge is 0.383 e. The lowest BCUT2D eigenvalue weighted by molar-refractivity contribution is 0.178. The van der Waals surface area contributed by atoms with Crippen LogP contribution in [0.5, 0.6) is 0 Å². The van der Waals surface area contributed by atoms with Crippen LogP contribution in [0.3, 0.4) is 0 Å². The minimum absolute atomic E-state index is 0.278. The van der Waals surface area contributed by atoms with Crippen molar-refractivity contribution in [1.82, 2.24) is 4.31 Å². The Morgan fingerprint density at radius 1 is 0.944 bits per heavy atom. The maximum atomic E-state index is 12.2. The van der Waals surface area contributed by atoms with E-state index in [0.29, 0.717) is 19.7 Å². The van der Waals surface area contributed by atoms with Gasteiger partial charge in [0.2, 0.25) is 10.0 Å². The summed E-state index contributed by atoms with van der Waals surface area (Å²) in [4.78, 5) is 0. The van der Waals surface area contributed by atoms with Crippen LogP contribution in [0.4, 0.5) is 0 Å². The van der Waals surface area contributed by atoms with E-state index < -0.39 is 10.0 Å². The molecule has 0 aliphatic rings. The molecule has 0 aliphatic heterocycles. The third-order valence-electron chi connectivity index (χ3n) is 2.96. The second-order valence-electron chi connectivity index (χ2n) is 4.62. The van der Waals surface area contributed by atoms with Gasteiger partial charge in [-0.2, -0.15) is 4.31 Å². The number of sulfonamides is 1. The lowest BCUT2D eigenvalue weighted by Crippen LogP contribution is -2.36. The average Bonchev–Trinajstić information content (AvgIpc) is 2.34. The van der Waals surface area contributed by atoms with Gasteiger partial charge in [0.25, 0.3) is 0 Å². The number of rotatable bonds is 12. The first-order chi connectivity index (χ1) is 8.58. The molecule has 0 saturated carbocycles. The normalized spacial score (nSPS) is 12.2. The zero-order chi connectivity index (χ0) is 13.9. The van der Waals surface area contributed by atoms with Gasteiger partial charge in [-0.3, -0.25) is 0 Å². The Labute approximate surface area is 113 Å². The molecule has 0 rings (SSSR count). The molecule has 0 bridgehead atoms. The highest BCUT2D eigenvalue weighted by Gasteiger charge is 2.20. The van der Waals surface area contributed by atoms with Crippen molar-refractivity contribution >= 4 is 10.0 Å². The summed E-state index contributed by atoms with van der Waals surface area (Å²) in [5.74, 6) is 0.278. The van der Waals surface area contributed by atoms with Crippen molar-refractivity contribution in [1.29, 1.82) is 0 Å². The highest BCUT2D eigenvalue weighted by atomic mass is 32.2. The van der Waals surface area contributed by atoms with Crippen LogP contribution in [0.1, 0.15) is 52.4 Å². The van der Waals surface area contributed by atoms with Crippen LogP contribution in [-0.4, -0.2) is 45.3 Å². The summed E-state index contributed by atoms with van der Waals surface area (Å²) in [6, 6.07) is 0. The predicted molar refractivity (Wildman–Crippen MR) is 76.3 cm³/mol. The van der Waals surface area contributed by atoms with Crippen molar-refractivity contribution in [3.63, 3.8) is 0 Å². The molecule has 0 aromatic rings. The Balaban J connectivity index is 4.24. The molecule has 0 aromatic heterocycles. The monoisotopic (exact) mass is 279 g/mol. The molecule has 0 saturated heterocycles. The third kappa shape index (κ3) is 8.06. The summed E-state index contributed by atoms with van der Waals surface area (Å²) in [5.41, 5.74) is 0. The van der Waals surface area contributed by atoms with E-state index in [4.69, 9.17) is 4.74 Å². The van der Waals surface area contributed by atoms with Crippen molar-refractivity contribution in [2.24, 2.45) is 0 Å². The Morgan fingerprint density at radius 2 is 1.61 bits per heavy atom. The molecule has 110 valence electrons. The van der Waals surface area contributed by atoms with Crippen molar-refractivity contribution in [2.75, 3.05) is 32.6 Å². The number of hydrogen-bond donors (Lipinski definition) is 0. The third-order valence-corrected chi connectivity index (χ3v) is 4.91. The first-order valence-corrected chi connectivity index (χ1v) is 8.66. The number of nitrogens with zero attached hydrogens (tertiary/aromatic N) is 1. The Bertz CT molecular complexity index is 270. The van der Waals surface area contributed by atoms with E-state index in [2.05, 4.69) is 13.8 Å². The Kier molecular flexibility index (Phi) is 10.7. The molecular formula is C13H29NO3S. The number of ether oxygens (including phenoxy) is 1. The molecule has 0 amide bonds. The second kappa shape index (κ2) is 10.8. The Hall–Kier alpha value is -0.130. The van der Waals surface area contributed by atoms with Crippen LogP contribution < -0.4 is 0 Å². The van der Waals surface area contributed by atoms with E-state index in [1.165, 1.54) is 0 Å². The van der Waals surface area contributed by atoms with E-state index in [1.807, 2.05) is 0 Å². The van der Waals surface area contributed by atoms with Crippen LogP contribution in [0.15, 0.2) is 0 Å². The van der Waals surface area contributed by atoms with Crippen LogP contribution >= 0.6 is 0 Å². The van der Waals surface area contributed by atoms with E-state index in [0.717, 1.165) is 38.5 Å². The fourth-order valence-electron chi connectivity index (χ4n) is 1.76. The van der Waals surface area contributed by atoms with Crippen LogP contribution in [0.2, 0.25) is 0 Å². The maximum absolute atomic E-state index is 12.2. The van der Waals surface area contributed by atoms with Gasteiger partial charge in [0.1, 0.15) is 0 Å².